The van der Waals surface area contributed by atoms with E-state index in [0.717, 1.165) is 38.5 Å². The molecular formula is C22H21ClN2. The van der Waals surface area contributed by atoms with Gasteiger partial charge in [0.2, 0.25) is 0 Å². The summed E-state index contributed by atoms with van der Waals surface area (Å²) in [4.78, 5) is 9.99. The van der Waals surface area contributed by atoms with Gasteiger partial charge < -0.3 is 0 Å². The number of aliphatic imine (C=N–C) groups is 1. The van der Waals surface area contributed by atoms with Crippen molar-refractivity contribution in [2.75, 3.05) is 0 Å². The van der Waals surface area contributed by atoms with Crippen LogP contribution in [0.25, 0.3) is 10.9 Å². The number of aromatic nitrogens is 1. The third kappa shape index (κ3) is 2.39. The number of pyridine rings is 1. The predicted molar refractivity (Wildman–Crippen MR) is 106 cm³/mol. The van der Waals surface area contributed by atoms with Gasteiger partial charge in [0, 0.05) is 21.4 Å². The number of nitrogens with zero attached hydrogens (tertiary/aromatic N) is 2. The van der Waals surface area contributed by atoms with Gasteiger partial charge in [0.05, 0.1) is 22.5 Å². The van der Waals surface area contributed by atoms with E-state index in [2.05, 4.69) is 52.0 Å². The number of halogens is 1. The second-order valence-electron chi connectivity index (χ2n) is 7.70. The fourth-order valence-corrected chi connectivity index (χ4v) is 3.95. The van der Waals surface area contributed by atoms with Crippen molar-refractivity contribution in [3.05, 3.63) is 76.4 Å². The van der Waals surface area contributed by atoms with Gasteiger partial charge in [0.1, 0.15) is 0 Å². The summed E-state index contributed by atoms with van der Waals surface area (Å²) in [7, 11) is 0. The van der Waals surface area contributed by atoms with Crippen LogP contribution < -0.4 is 0 Å². The molecule has 0 aliphatic carbocycles. The van der Waals surface area contributed by atoms with E-state index in [1.54, 1.807) is 0 Å². The highest BCUT2D eigenvalue weighted by molar-refractivity contribution is 6.32. The Balaban J connectivity index is 2.00. The van der Waals surface area contributed by atoms with Gasteiger partial charge >= 0.3 is 0 Å². The van der Waals surface area contributed by atoms with Crippen LogP contribution in [0.15, 0.2) is 59.6 Å². The molecule has 0 unspecified atom stereocenters. The maximum absolute atomic E-state index is 6.63. The van der Waals surface area contributed by atoms with Crippen molar-refractivity contribution >= 4 is 28.2 Å². The maximum Gasteiger partial charge on any atom is 0.0913 e. The molecule has 3 aromatic rings. The van der Waals surface area contributed by atoms with Crippen LogP contribution in [0.1, 0.15) is 44.5 Å². The lowest BCUT2D eigenvalue weighted by molar-refractivity contribution is 0.304. The third-order valence-electron chi connectivity index (χ3n) is 5.66. The normalized spacial score (nSPS) is 17.9. The zero-order valence-electron chi connectivity index (χ0n) is 15.0. The van der Waals surface area contributed by atoms with Crippen molar-refractivity contribution in [3.63, 3.8) is 0 Å². The SMILES string of the molecule is CC1(C)N=C(c2ccc3ccccc3n2)c2cccc(Cl)c2C1(C)C. The molecule has 3 heteroatoms. The van der Waals surface area contributed by atoms with Crippen molar-refractivity contribution in [2.45, 2.75) is 38.6 Å². The summed E-state index contributed by atoms with van der Waals surface area (Å²) in [5.74, 6) is 0. The summed E-state index contributed by atoms with van der Waals surface area (Å²) >= 11 is 6.63. The number of hydrogen-bond acceptors (Lipinski definition) is 2. The first kappa shape index (κ1) is 16.3. The molecule has 0 atom stereocenters. The molecule has 0 spiro atoms. The number of para-hydroxylation sites is 1. The van der Waals surface area contributed by atoms with Crippen molar-refractivity contribution in [3.8, 4) is 0 Å². The first-order valence-corrected chi connectivity index (χ1v) is 8.94. The van der Waals surface area contributed by atoms with E-state index in [1.807, 2.05) is 30.3 Å². The van der Waals surface area contributed by atoms with Gasteiger partial charge in [-0.05, 0) is 37.6 Å². The van der Waals surface area contributed by atoms with E-state index >= 15 is 0 Å². The highest BCUT2D eigenvalue weighted by Gasteiger charge is 2.45. The van der Waals surface area contributed by atoms with Crippen molar-refractivity contribution in [1.29, 1.82) is 0 Å². The lowest BCUT2D eigenvalue weighted by Crippen LogP contribution is -2.46. The fourth-order valence-electron chi connectivity index (χ4n) is 3.54. The predicted octanol–water partition coefficient (Wildman–Crippen LogP) is 5.80. The molecule has 0 saturated carbocycles. The molecule has 2 heterocycles. The van der Waals surface area contributed by atoms with Crippen LogP contribution in [-0.2, 0) is 5.41 Å². The van der Waals surface area contributed by atoms with E-state index in [-0.39, 0.29) is 11.0 Å². The van der Waals surface area contributed by atoms with Crippen molar-refractivity contribution in [2.24, 2.45) is 4.99 Å². The van der Waals surface area contributed by atoms with Crippen LogP contribution in [0.5, 0.6) is 0 Å². The van der Waals surface area contributed by atoms with Crippen LogP contribution in [0.3, 0.4) is 0 Å². The van der Waals surface area contributed by atoms with E-state index in [1.165, 1.54) is 0 Å². The monoisotopic (exact) mass is 348 g/mol. The Bertz CT molecular complexity index is 1020. The molecule has 1 aliphatic heterocycles. The van der Waals surface area contributed by atoms with E-state index in [9.17, 15) is 0 Å². The summed E-state index contributed by atoms with van der Waals surface area (Å²) in [5, 5.41) is 1.93. The van der Waals surface area contributed by atoms with Gasteiger partial charge in [-0.25, -0.2) is 4.98 Å². The average Bonchev–Trinajstić information content (AvgIpc) is 2.58. The van der Waals surface area contributed by atoms with E-state index in [0.29, 0.717) is 0 Å². The Morgan fingerprint density at radius 3 is 2.40 bits per heavy atom. The molecule has 4 rings (SSSR count). The zero-order valence-corrected chi connectivity index (χ0v) is 15.7. The smallest absolute Gasteiger partial charge is 0.0913 e. The molecule has 2 aromatic carbocycles. The minimum absolute atomic E-state index is 0.166. The standard InChI is InChI=1S/C22H21ClN2/c1-21(2)19-15(9-7-10-16(19)23)20(25-22(21,3)4)18-13-12-14-8-5-6-11-17(14)24-18/h5-13H,1-4H3. The topological polar surface area (TPSA) is 25.2 Å². The summed E-state index contributed by atoms with van der Waals surface area (Å²) in [5.41, 5.74) is 4.59. The summed E-state index contributed by atoms with van der Waals surface area (Å²) in [6.07, 6.45) is 0. The second kappa shape index (κ2) is 5.40. The van der Waals surface area contributed by atoms with Crippen LogP contribution in [-0.4, -0.2) is 16.2 Å². The van der Waals surface area contributed by atoms with Gasteiger partial charge in [-0.3, -0.25) is 4.99 Å². The molecule has 0 saturated heterocycles. The quantitative estimate of drug-likeness (QED) is 0.546. The Morgan fingerprint density at radius 1 is 0.840 bits per heavy atom. The van der Waals surface area contributed by atoms with Crippen molar-refractivity contribution in [1.82, 2.24) is 4.98 Å². The molecule has 0 radical (unpaired) electrons. The van der Waals surface area contributed by atoms with Gasteiger partial charge in [-0.15, -0.1) is 0 Å². The highest BCUT2D eigenvalue weighted by Crippen LogP contribution is 2.46. The van der Waals surface area contributed by atoms with Crippen LogP contribution in [0, 0.1) is 0 Å². The van der Waals surface area contributed by atoms with E-state index < -0.39 is 0 Å². The first-order chi connectivity index (χ1) is 11.8. The molecule has 126 valence electrons. The Labute approximate surface area is 153 Å². The fraction of sp³-hybridized carbons (Fsp3) is 0.273. The van der Waals surface area contributed by atoms with Gasteiger partial charge in [0.15, 0.2) is 0 Å². The van der Waals surface area contributed by atoms with Crippen molar-refractivity contribution < 1.29 is 0 Å². The first-order valence-electron chi connectivity index (χ1n) is 8.57. The van der Waals surface area contributed by atoms with Gasteiger partial charge in [-0.2, -0.15) is 0 Å². The van der Waals surface area contributed by atoms with Crippen LogP contribution in [0.2, 0.25) is 5.02 Å². The lowest BCUT2D eigenvalue weighted by atomic mass is 9.66. The third-order valence-corrected chi connectivity index (χ3v) is 5.97. The second-order valence-corrected chi connectivity index (χ2v) is 8.10. The molecule has 0 fully saturated rings. The zero-order chi connectivity index (χ0) is 17.8. The number of rotatable bonds is 1. The maximum atomic E-state index is 6.63. The summed E-state index contributed by atoms with van der Waals surface area (Å²) in [6, 6.07) is 18.4. The molecule has 0 bridgehead atoms. The molecule has 25 heavy (non-hydrogen) atoms. The van der Waals surface area contributed by atoms with Crippen LogP contribution in [0.4, 0.5) is 0 Å². The molecule has 0 amide bonds. The van der Waals surface area contributed by atoms with Crippen LogP contribution >= 0.6 is 11.6 Å². The van der Waals surface area contributed by atoms with E-state index in [4.69, 9.17) is 21.6 Å². The highest BCUT2D eigenvalue weighted by atomic mass is 35.5. The summed E-state index contributed by atoms with van der Waals surface area (Å²) in [6.45, 7) is 8.76. The minimum Gasteiger partial charge on any atom is -0.275 e. The Kier molecular flexibility index (Phi) is 3.52. The molecule has 0 N–H and O–H groups in total. The molecular weight excluding hydrogens is 328 g/mol. The minimum atomic E-state index is -0.284. The number of benzene rings is 2. The average molecular weight is 349 g/mol. The Hall–Kier alpha value is -2.19. The summed E-state index contributed by atoms with van der Waals surface area (Å²) < 4.78 is 0. The number of fused-ring (bicyclic) bond motifs is 2. The van der Waals surface area contributed by atoms with Gasteiger partial charge in [0.25, 0.3) is 0 Å². The largest absolute Gasteiger partial charge is 0.275 e. The Morgan fingerprint density at radius 2 is 1.60 bits per heavy atom. The molecule has 1 aromatic heterocycles. The molecule has 1 aliphatic rings. The number of hydrogen-bond donors (Lipinski definition) is 0. The lowest BCUT2D eigenvalue weighted by Gasteiger charge is -2.44. The molecule has 2 nitrogen and oxygen atoms in total. The van der Waals surface area contributed by atoms with Gasteiger partial charge in [-0.1, -0.05) is 61.8 Å².